The third-order valence-corrected chi connectivity index (χ3v) is 17.3. The first kappa shape index (κ1) is 25.1. The molecule has 4 nitrogen and oxygen atoms in total. The minimum absolute atomic E-state index is 0.139. The third-order valence-electron chi connectivity index (χ3n) is 17.3. The molecule has 0 aromatic rings. The Kier molecular flexibility index (Phi) is 4.55. The predicted octanol–water partition coefficient (Wildman–Crippen LogP) is 7.43. The molecular weight excluding hydrogens is 472 g/mol. The van der Waals surface area contributed by atoms with Gasteiger partial charge in [-0.25, -0.2) is 0 Å². The number of carboxylic acids is 1. The lowest BCUT2D eigenvalue weighted by Gasteiger charge is -2.84. The molecule has 7 aliphatic carbocycles. The van der Waals surface area contributed by atoms with Crippen LogP contribution in [0.1, 0.15) is 125 Å². The summed E-state index contributed by atoms with van der Waals surface area (Å²) in [5.41, 5.74) is 1.07. The Labute approximate surface area is 230 Å². The molecule has 0 radical (unpaired) electrons. The number of ether oxygens (including phenoxy) is 1. The van der Waals surface area contributed by atoms with Gasteiger partial charge in [-0.1, -0.05) is 34.1 Å². The van der Waals surface area contributed by atoms with Crippen LogP contribution < -0.4 is 0 Å². The van der Waals surface area contributed by atoms with Crippen molar-refractivity contribution in [1.29, 1.82) is 0 Å². The van der Waals surface area contributed by atoms with E-state index in [0.717, 1.165) is 38.2 Å². The van der Waals surface area contributed by atoms with Crippen molar-refractivity contribution in [2.24, 2.45) is 67.5 Å². The van der Waals surface area contributed by atoms with E-state index in [1.54, 1.807) is 0 Å². The van der Waals surface area contributed by atoms with Crippen molar-refractivity contribution in [3.8, 4) is 0 Å². The van der Waals surface area contributed by atoms with E-state index >= 15 is 0 Å². The molecule has 8 rings (SSSR count). The minimum atomic E-state index is -0.903. The molecular formula is C34H52O4. The highest BCUT2D eigenvalue weighted by Crippen LogP contribution is 2.89. The number of carbonyl (C=O) groups is 1. The largest absolute Gasteiger partial charge is 0.481 e. The maximum absolute atomic E-state index is 12.6. The molecule has 212 valence electrons. The molecule has 4 heteroatoms. The van der Waals surface area contributed by atoms with Gasteiger partial charge in [0.25, 0.3) is 0 Å². The van der Waals surface area contributed by atoms with Crippen LogP contribution in [0.15, 0.2) is 0 Å². The van der Waals surface area contributed by atoms with Gasteiger partial charge in [0.1, 0.15) is 0 Å². The average molecular weight is 525 g/mol. The highest BCUT2D eigenvalue weighted by Gasteiger charge is 2.83. The van der Waals surface area contributed by atoms with Crippen molar-refractivity contribution >= 4 is 5.97 Å². The Morgan fingerprint density at radius 3 is 2.39 bits per heavy atom. The van der Waals surface area contributed by atoms with Crippen LogP contribution in [-0.4, -0.2) is 28.6 Å². The van der Waals surface area contributed by atoms with E-state index in [2.05, 4.69) is 34.6 Å². The van der Waals surface area contributed by atoms with Gasteiger partial charge in [-0.05, 0) is 135 Å². The minimum Gasteiger partial charge on any atom is -0.481 e. The first-order valence-electron chi connectivity index (χ1n) is 16.4. The molecule has 1 heterocycles. The molecule has 0 aromatic heterocycles. The molecule has 0 amide bonds. The van der Waals surface area contributed by atoms with Crippen molar-refractivity contribution in [3.05, 3.63) is 0 Å². The second kappa shape index (κ2) is 6.88. The van der Waals surface area contributed by atoms with Crippen molar-refractivity contribution in [1.82, 2.24) is 0 Å². The van der Waals surface area contributed by atoms with Crippen LogP contribution in [0, 0.1) is 67.5 Å². The Morgan fingerprint density at radius 2 is 1.63 bits per heavy atom. The molecule has 4 bridgehead atoms. The number of rotatable bonds is 1. The first-order valence-corrected chi connectivity index (χ1v) is 16.4. The Bertz CT molecular complexity index is 1100. The summed E-state index contributed by atoms with van der Waals surface area (Å²) in [6, 6.07) is 0. The molecule has 8 fully saturated rings. The zero-order chi connectivity index (χ0) is 26.8. The number of aliphatic hydroxyl groups is 1. The van der Waals surface area contributed by atoms with Crippen LogP contribution >= 0.6 is 0 Å². The molecule has 13 unspecified atom stereocenters. The monoisotopic (exact) mass is 524 g/mol. The normalized spacial score (nSPS) is 65.8. The van der Waals surface area contributed by atoms with Crippen molar-refractivity contribution < 1.29 is 19.7 Å². The number of aliphatic carboxylic acids is 1. The molecule has 38 heavy (non-hydrogen) atoms. The standard InChI is InChI=1S/C34H52O4/c1-21-31-15-16-33-10-6-9-32(18-23-8-7-22(25(31)30(23,33)5)17-34(21,37)38-20-31)24-19-28(3,26(35)36)12-11-27(24,2)13-14-29(32,33)4/h21-25,37H,6-20H2,1-5H3,(H,35,36). The SMILES string of the molecule is CC1C2(O)CC3CCC4CC56CCCC7(CCC1(CO2)C3C47C)C5(C)CCC1(C)CCC(C)(C(=O)O)CC16. The summed E-state index contributed by atoms with van der Waals surface area (Å²) >= 11 is 0. The van der Waals surface area contributed by atoms with Gasteiger partial charge in [0.15, 0.2) is 5.79 Å². The molecule has 8 aliphatic rings. The average Bonchev–Trinajstić information content (AvgIpc) is 3.01. The molecule has 2 N–H and O–H groups in total. The van der Waals surface area contributed by atoms with Gasteiger partial charge in [0.05, 0.1) is 12.0 Å². The topological polar surface area (TPSA) is 66.8 Å². The highest BCUT2D eigenvalue weighted by molar-refractivity contribution is 5.74. The van der Waals surface area contributed by atoms with Gasteiger partial charge >= 0.3 is 5.97 Å². The number of fused-ring (bicyclic) bond motifs is 2. The third kappa shape index (κ3) is 2.32. The van der Waals surface area contributed by atoms with E-state index in [-0.39, 0.29) is 22.2 Å². The molecule has 1 aliphatic heterocycles. The van der Waals surface area contributed by atoms with Crippen LogP contribution in [0.3, 0.4) is 0 Å². The van der Waals surface area contributed by atoms with E-state index < -0.39 is 17.2 Å². The summed E-state index contributed by atoms with van der Waals surface area (Å²) in [5, 5.41) is 22.0. The lowest BCUT2D eigenvalue weighted by atomic mass is 9.19. The number of hydrogen-bond acceptors (Lipinski definition) is 3. The molecule has 7 saturated carbocycles. The summed E-state index contributed by atoms with van der Waals surface area (Å²) in [5.74, 6) is 1.29. The molecule has 1 saturated heterocycles. The van der Waals surface area contributed by atoms with Gasteiger partial charge in [0, 0.05) is 17.8 Å². The molecule has 2 spiro atoms. The van der Waals surface area contributed by atoms with E-state index in [9.17, 15) is 15.0 Å². The lowest BCUT2D eigenvalue weighted by molar-refractivity contribution is -0.367. The van der Waals surface area contributed by atoms with Gasteiger partial charge in [-0.3, -0.25) is 4.79 Å². The Balaban J connectivity index is 1.31. The fourth-order valence-electron chi connectivity index (χ4n) is 15.4. The quantitative estimate of drug-likeness (QED) is 0.374. The number of hydrogen-bond donors (Lipinski definition) is 2. The Morgan fingerprint density at radius 1 is 0.868 bits per heavy atom. The zero-order valence-corrected chi connectivity index (χ0v) is 24.7. The predicted molar refractivity (Wildman–Crippen MR) is 146 cm³/mol. The van der Waals surface area contributed by atoms with E-state index in [4.69, 9.17) is 4.74 Å². The summed E-state index contributed by atoms with van der Waals surface area (Å²) < 4.78 is 6.37. The van der Waals surface area contributed by atoms with Crippen molar-refractivity contribution in [3.63, 3.8) is 0 Å². The van der Waals surface area contributed by atoms with Crippen LogP contribution in [0.2, 0.25) is 0 Å². The van der Waals surface area contributed by atoms with Crippen LogP contribution in [0.5, 0.6) is 0 Å². The fraction of sp³-hybridized carbons (Fsp3) is 0.971. The van der Waals surface area contributed by atoms with Gasteiger partial charge in [-0.2, -0.15) is 0 Å². The highest BCUT2D eigenvalue weighted by atomic mass is 16.6. The summed E-state index contributed by atoms with van der Waals surface area (Å²) in [6.07, 6.45) is 16.7. The van der Waals surface area contributed by atoms with Crippen LogP contribution in [-0.2, 0) is 9.53 Å². The maximum Gasteiger partial charge on any atom is 0.309 e. The van der Waals surface area contributed by atoms with E-state index in [1.165, 1.54) is 64.2 Å². The smallest absolute Gasteiger partial charge is 0.309 e. The van der Waals surface area contributed by atoms with Gasteiger partial charge in [-0.15, -0.1) is 0 Å². The number of carboxylic acid groups (broad SMARTS) is 1. The summed E-state index contributed by atoms with van der Waals surface area (Å²) in [7, 11) is 0. The van der Waals surface area contributed by atoms with E-state index in [1.807, 2.05) is 0 Å². The fourth-order valence-corrected chi connectivity index (χ4v) is 15.4. The van der Waals surface area contributed by atoms with E-state index in [0.29, 0.717) is 34.0 Å². The summed E-state index contributed by atoms with van der Waals surface area (Å²) in [4.78, 5) is 12.6. The van der Waals surface area contributed by atoms with Crippen LogP contribution in [0.4, 0.5) is 0 Å². The second-order valence-corrected chi connectivity index (χ2v) is 17.5. The lowest BCUT2D eigenvalue weighted by Crippen LogP contribution is -2.78. The Hall–Kier alpha value is -0.610. The summed E-state index contributed by atoms with van der Waals surface area (Å²) in [6.45, 7) is 13.2. The maximum atomic E-state index is 12.6. The van der Waals surface area contributed by atoms with Gasteiger partial charge in [0.2, 0.25) is 0 Å². The zero-order valence-electron chi connectivity index (χ0n) is 24.7. The molecule has 0 aromatic carbocycles. The first-order chi connectivity index (χ1) is 17.8. The molecule has 13 atom stereocenters. The van der Waals surface area contributed by atoms with Crippen molar-refractivity contribution in [2.45, 2.75) is 130 Å². The van der Waals surface area contributed by atoms with Crippen LogP contribution in [0.25, 0.3) is 0 Å². The second-order valence-electron chi connectivity index (χ2n) is 17.5. The van der Waals surface area contributed by atoms with Crippen molar-refractivity contribution in [2.75, 3.05) is 6.61 Å². The van der Waals surface area contributed by atoms with Gasteiger partial charge < -0.3 is 14.9 Å².